The van der Waals surface area contributed by atoms with Crippen molar-refractivity contribution in [3.63, 3.8) is 0 Å². The maximum Gasteiger partial charge on any atom is 0.252 e. The van der Waals surface area contributed by atoms with Gasteiger partial charge in [-0.2, -0.15) is 4.31 Å². The highest BCUT2D eigenvalue weighted by atomic mass is 32.2. The Morgan fingerprint density at radius 2 is 2.10 bits per heavy atom. The number of hydrogen-bond acceptors (Lipinski definition) is 5. The van der Waals surface area contributed by atoms with Crippen molar-refractivity contribution in [1.29, 1.82) is 0 Å². The van der Waals surface area contributed by atoms with Gasteiger partial charge in [-0.05, 0) is 31.5 Å². The summed E-state index contributed by atoms with van der Waals surface area (Å²) in [6.45, 7) is 7.96. The second-order valence-corrected chi connectivity index (χ2v) is 8.75. The van der Waals surface area contributed by atoms with Crippen molar-refractivity contribution in [3.8, 4) is 0 Å². The Kier molecular flexibility index (Phi) is 7.29. The molecule has 1 N–H and O–H groups in total. The van der Waals surface area contributed by atoms with Gasteiger partial charge in [0.15, 0.2) is 0 Å². The van der Waals surface area contributed by atoms with Crippen LogP contribution in [0.1, 0.15) is 24.3 Å². The van der Waals surface area contributed by atoms with E-state index in [2.05, 4.69) is 5.32 Å². The topological polar surface area (TPSA) is 58.6 Å². The average molecular weight is 335 g/mol. The predicted octanol–water partition coefficient (Wildman–Crippen LogP) is 2.07. The summed E-state index contributed by atoms with van der Waals surface area (Å²) < 4.78 is 32.6. The van der Waals surface area contributed by atoms with E-state index in [0.717, 1.165) is 10.4 Å². The lowest BCUT2D eigenvalue weighted by Gasteiger charge is -2.22. The molecule has 0 aromatic carbocycles. The molecule has 0 atom stereocenters. The Bertz CT molecular complexity index is 538. The van der Waals surface area contributed by atoms with Crippen LogP contribution in [-0.2, 0) is 21.3 Å². The van der Waals surface area contributed by atoms with Crippen LogP contribution in [0, 0.1) is 12.8 Å². The van der Waals surface area contributed by atoms with E-state index in [9.17, 15) is 8.42 Å². The van der Waals surface area contributed by atoms with Crippen LogP contribution in [0.25, 0.3) is 0 Å². The molecule has 0 aliphatic rings. The first-order valence-corrected chi connectivity index (χ1v) is 9.31. The Hall–Kier alpha value is -0.470. The van der Waals surface area contributed by atoms with E-state index in [1.54, 1.807) is 13.2 Å². The lowest BCUT2D eigenvalue weighted by Crippen LogP contribution is -2.36. The summed E-state index contributed by atoms with van der Waals surface area (Å²) in [5.74, 6) is 0.273. The molecule has 0 fully saturated rings. The highest BCUT2D eigenvalue weighted by molar-refractivity contribution is 7.91. The summed E-state index contributed by atoms with van der Waals surface area (Å²) in [4.78, 5) is 1.06. The maximum atomic E-state index is 12.8. The average Bonchev–Trinajstić information content (AvgIpc) is 2.77. The van der Waals surface area contributed by atoms with Gasteiger partial charge in [0.05, 0.1) is 6.61 Å². The molecule has 0 unspecified atom stereocenters. The van der Waals surface area contributed by atoms with Crippen molar-refractivity contribution in [3.05, 3.63) is 16.5 Å². The third kappa shape index (κ3) is 5.03. The number of ether oxygens (including phenoxy) is 1. The first kappa shape index (κ1) is 18.6. The molecule has 0 saturated heterocycles. The smallest absolute Gasteiger partial charge is 0.252 e. The molecule has 0 radical (unpaired) electrons. The van der Waals surface area contributed by atoms with E-state index in [0.29, 0.717) is 30.5 Å². The molecule has 0 bridgehead atoms. The quantitative estimate of drug-likeness (QED) is 0.751. The second kappa shape index (κ2) is 8.24. The predicted molar refractivity (Wildman–Crippen MR) is 87.3 cm³/mol. The Morgan fingerprint density at radius 1 is 1.43 bits per heavy atom. The second-order valence-electron chi connectivity index (χ2n) is 5.45. The third-order valence-electron chi connectivity index (χ3n) is 3.04. The van der Waals surface area contributed by atoms with Crippen molar-refractivity contribution < 1.29 is 13.2 Å². The van der Waals surface area contributed by atoms with Crippen molar-refractivity contribution in [2.75, 3.05) is 33.9 Å². The number of thiophene rings is 1. The van der Waals surface area contributed by atoms with Crippen molar-refractivity contribution >= 4 is 21.4 Å². The first-order chi connectivity index (χ1) is 9.82. The van der Waals surface area contributed by atoms with Crippen LogP contribution < -0.4 is 5.32 Å². The molecule has 0 saturated carbocycles. The van der Waals surface area contributed by atoms with Gasteiger partial charge in [0.1, 0.15) is 4.21 Å². The highest BCUT2D eigenvalue weighted by Crippen LogP contribution is 2.28. The molecule has 1 aromatic rings. The van der Waals surface area contributed by atoms with Crippen LogP contribution in [-0.4, -0.2) is 46.6 Å². The van der Waals surface area contributed by atoms with Gasteiger partial charge in [-0.15, -0.1) is 11.3 Å². The molecule has 122 valence electrons. The van der Waals surface area contributed by atoms with Crippen LogP contribution in [0.2, 0.25) is 0 Å². The minimum atomic E-state index is -3.44. The van der Waals surface area contributed by atoms with E-state index in [1.807, 2.05) is 27.8 Å². The van der Waals surface area contributed by atoms with E-state index < -0.39 is 10.0 Å². The largest absolute Gasteiger partial charge is 0.383 e. The standard InChI is InChI=1S/C14H26N2O3S2/c1-11(2)10-16(6-7-19-5)21(17,18)14-8-12(3)13(20-14)9-15-4/h8,11,15H,6-7,9-10H2,1-5H3. The van der Waals surface area contributed by atoms with Crippen molar-refractivity contribution in [2.24, 2.45) is 5.92 Å². The molecule has 0 aliphatic heterocycles. The van der Waals surface area contributed by atoms with E-state index in [1.165, 1.54) is 15.6 Å². The molecule has 0 spiro atoms. The number of rotatable bonds is 9. The van der Waals surface area contributed by atoms with Gasteiger partial charge in [0.2, 0.25) is 0 Å². The monoisotopic (exact) mass is 334 g/mol. The fourth-order valence-corrected chi connectivity index (χ4v) is 5.33. The van der Waals surface area contributed by atoms with Gasteiger partial charge < -0.3 is 10.1 Å². The van der Waals surface area contributed by atoms with Gasteiger partial charge >= 0.3 is 0 Å². The normalized spacial score (nSPS) is 12.5. The maximum absolute atomic E-state index is 12.8. The number of aryl methyl sites for hydroxylation is 1. The van der Waals surface area contributed by atoms with Crippen LogP contribution in [0.3, 0.4) is 0 Å². The summed E-state index contributed by atoms with van der Waals surface area (Å²) in [5, 5.41) is 3.07. The zero-order valence-electron chi connectivity index (χ0n) is 13.5. The third-order valence-corrected chi connectivity index (χ3v) is 6.59. The van der Waals surface area contributed by atoms with Crippen LogP contribution in [0.4, 0.5) is 0 Å². The molecule has 0 aliphatic carbocycles. The van der Waals surface area contributed by atoms with E-state index >= 15 is 0 Å². The number of methoxy groups -OCH3 is 1. The Balaban J connectivity index is 3.06. The zero-order chi connectivity index (χ0) is 16.0. The molecule has 1 aromatic heterocycles. The molecule has 7 heteroatoms. The molecular weight excluding hydrogens is 308 g/mol. The molecule has 1 rings (SSSR count). The lowest BCUT2D eigenvalue weighted by atomic mass is 10.2. The minimum Gasteiger partial charge on any atom is -0.383 e. The molecule has 1 heterocycles. The van der Waals surface area contributed by atoms with Crippen LogP contribution >= 0.6 is 11.3 Å². The Morgan fingerprint density at radius 3 is 2.62 bits per heavy atom. The van der Waals surface area contributed by atoms with Gasteiger partial charge in [-0.1, -0.05) is 13.8 Å². The fraction of sp³-hybridized carbons (Fsp3) is 0.714. The van der Waals surface area contributed by atoms with Gasteiger partial charge in [0, 0.05) is 31.6 Å². The zero-order valence-corrected chi connectivity index (χ0v) is 15.1. The van der Waals surface area contributed by atoms with Gasteiger partial charge in [0.25, 0.3) is 10.0 Å². The van der Waals surface area contributed by atoms with E-state index in [4.69, 9.17) is 4.74 Å². The summed E-state index contributed by atoms with van der Waals surface area (Å²) >= 11 is 1.35. The minimum absolute atomic E-state index is 0.273. The number of nitrogens with zero attached hydrogens (tertiary/aromatic N) is 1. The Labute approximate surface area is 132 Å². The van der Waals surface area contributed by atoms with Crippen LogP contribution in [0.15, 0.2) is 10.3 Å². The fourth-order valence-electron chi connectivity index (χ4n) is 1.99. The van der Waals surface area contributed by atoms with Gasteiger partial charge in [-0.25, -0.2) is 8.42 Å². The molecule has 5 nitrogen and oxygen atoms in total. The molecular formula is C14H26N2O3S2. The number of nitrogens with one attached hydrogen (secondary N) is 1. The molecule has 0 amide bonds. The first-order valence-electron chi connectivity index (χ1n) is 7.06. The van der Waals surface area contributed by atoms with E-state index in [-0.39, 0.29) is 5.92 Å². The SMILES string of the molecule is CNCc1sc(S(=O)(=O)N(CCOC)CC(C)C)cc1C. The summed E-state index contributed by atoms with van der Waals surface area (Å²) in [6.07, 6.45) is 0. The highest BCUT2D eigenvalue weighted by Gasteiger charge is 2.27. The number of hydrogen-bond donors (Lipinski definition) is 1. The summed E-state index contributed by atoms with van der Waals surface area (Å²) in [5.41, 5.74) is 1.02. The van der Waals surface area contributed by atoms with Crippen LogP contribution in [0.5, 0.6) is 0 Å². The summed E-state index contributed by atoms with van der Waals surface area (Å²) in [6, 6.07) is 1.77. The summed E-state index contributed by atoms with van der Waals surface area (Å²) in [7, 11) is -0.00235. The van der Waals surface area contributed by atoms with Crippen molar-refractivity contribution in [2.45, 2.75) is 31.5 Å². The number of sulfonamides is 1. The van der Waals surface area contributed by atoms with Crippen molar-refractivity contribution in [1.82, 2.24) is 9.62 Å². The van der Waals surface area contributed by atoms with Gasteiger partial charge in [-0.3, -0.25) is 0 Å². The molecule has 21 heavy (non-hydrogen) atoms. The lowest BCUT2D eigenvalue weighted by molar-refractivity contribution is 0.175.